The van der Waals surface area contributed by atoms with Gasteiger partial charge in [-0.05, 0) is 37.1 Å². The van der Waals surface area contributed by atoms with Gasteiger partial charge in [0.1, 0.15) is 11.8 Å². The molecule has 0 bridgehead atoms. The van der Waals surface area contributed by atoms with E-state index in [0.29, 0.717) is 29.8 Å². The zero-order valence-electron chi connectivity index (χ0n) is 12.2. The number of halogens is 1. The van der Waals surface area contributed by atoms with E-state index in [1.807, 2.05) is 28.9 Å². The number of nitriles is 1. The summed E-state index contributed by atoms with van der Waals surface area (Å²) in [6.45, 7) is 1.31. The Morgan fingerprint density at radius 1 is 1.32 bits per heavy atom. The summed E-state index contributed by atoms with van der Waals surface area (Å²) in [5.41, 5.74) is 1.48. The van der Waals surface area contributed by atoms with Crippen LogP contribution in [-0.2, 0) is 6.54 Å². The lowest BCUT2D eigenvalue weighted by Crippen LogP contribution is -2.17. The first kappa shape index (κ1) is 14.9. The van der Waals surface area contributed by atoms with Gasteiger partial charge < -0.3 is 4.74 Å². The molecule has 1 aliphatic carbocycles. The van der Waals surface area contributed by atoms with Crippen molar-refractivity contribution in [3.8, 4) is 11.8 Å². The number of benzene rings is 1. The van der Waals surface area contributed by atoms with E-state index in [9.17, 15) is 0 Å². The molecule has 0 unspecified atom stereocenters. The fourth-order valence-electron chi connectivity index (χ4n) is 2.59. The predicted octanol–water partition coefficient (Wildman–Crippen LogP) is 3.54. The third-order valence-electron chi connectivity index (χ3n) is 3.97. The first-order chi connectivity index (χ1) is 10.8. The molecule has 0 N–H and O–H groups in total. The van der Waals surface area contributed by atoms with E-state index in [1.54, 1.807) is 0 Å². The van der Waals surface area contributed by atoms with E-state index >= 15 is 0 Å². The van der Waals surface area contributed by atoms with Gasteiger partial charge in [0.25, 0.3) is 0 Å². The molecule has 1 aromatic heterocycles. The van der Waals surface area contributed by atoms with Gasteiger partial charge in [-0.1, -0.05) is 23.2 Å². The molecule has 1 fully saturated rings. The highest BCUT2D eigenvalue weighted by molar-refractivity contribution is 6.30. The minimum absolute atomic E-state index is 0.446. The lowest BCUT2D eigenvalue weighted by atomic mass is 9.82. The molecule has 0 radical (unpaired) electrons. The molecule has 6 heteroatoms. The monoisotopic (exact) mass is 316 g/mol. The van der Waals surface area contributed by atoms with E-state index in [-0.39, 0.29) is 0 Å². The molecular weight excluding hydrogens is 300 g/mol. The Bertz CT molecular complexity index is 670. The van der Waals surface area contributed by atoms with Gasteiger partial charge in [-0.25, -0.2) is 4.68 Å². The summed E-state index contributed by atoms with van der Waals surface area (Å²) in [6.07, 6.45) is 4.30. The molecule has 1 aliphatic rings. The van der Waals surface area contributed by atoms with Crippen molar-refractivity contribution in [3.63, 3.8) is 0 Å². The van der Waals surface area contributed by atoms with Crippen LogP contribution in [0.1, 0.15) is 43.0 Å². The van der Waals surface area contributed by atoms with E-state index < -0.39 is 0 Å². The van der Waals surface area contributed by atoms with E-state index in [1.165, 1.54) is 6.42 Å². The molecule has 0 spiro atoms. The molecule has 22 heavy (non-hydrogen) atoms. The van der Waals surface area contributed by atoms with Crippen molar-refractivity contribution in [2.24, 2.45) is 0 Å². The maximum Gasteiger partial charge on any atom is 0.186 e. The Morgan fingerprint density at radius 3 is 2.73 bits per heavy atom. The van der Waals surface area contributed by atoms with Gasteiger partial charge in [-0.15, -0.1) is 5.10 Å². The zero-order chi connectivity index (χ0) is 15.4. The quantitative estimate of drug-likeness (QED) is 0.765. The molecular formula is C16H17ClN4O. The highest BCUT2D eigenvalue weighted by Gasteiger charge is 2.27. The maximum atomic E-state index is 9.14. The van der Waals surface area contributed by atoms with Crippen molar-refractivity contribution in [2.75, 3.05) is 6.61 Å². The smallest absolute Gasteiger partial charge is 0.186 e. The largest absolute Gasteiger partial charge is 0.494 e. The van der Waals surface area contributed by atoms with Crippen LogP contribution in [0.2, 0.25) is 5.02 Å². The standard InChI is InChI=1S/C16H17ClN4O/c17-13-5-7-14(8-6-13)22-10-2-9-21-16(12-3-1-4-12)15(11-18)19-20-21/h5-8,12H,1-4,9-10H2. The minimum Gasteiger partial charge on any atom is -0.494 e. The molecule has 1 aromatic carbocycles. The molecule has 2 aromatic rings. The minimum atomic E-state index is 0.446. The second-order valence-corrected chi connectivity index (χ2v) is 5.88. The van der Waals surface area contributed by atoms with E-state index in [0.717, 1.165) is 30.7 Å². The number of aromatic nitrogens is 3. The fourth-order valence-corrected chi connectivity index (χ4v) is 2.71. The molecule has 0 aliphatic heterocycles. The summed E-state index contributed by atoms with van der Waals surface area (Å²) in [5.74, 6) is 1.25. The summed E-state index contributed by atoms with van der Waals surface area (Å²) >= 11 is 5.83. The molecule has 1 saturated carbocycles. The molecule has 114 valence electrons. The van der Waals surface area contributed by atoms with Crippen LogP contribution < -0.4 is 4.74 Å². The van der Waals surface area contributed by atoms with Crippen LogP contribution in [0.4, 0.5) is 0 Å². The molecule has 1 heterocycles. The van der Waals surface area contributed by atoms with Crippen LogP contribution in [0.25, 0.3) is 0 Å². The van der Waals surface area contributed by atoms with Crippen molar-refractivity contribution in [2.45, 2.75) is 38.1 Å². The molecule has 0 atom stereocenters. The van der Waals surface area contributed by atoms with E-state index in [2.05, 4.69) is 16.4 Å². The summed E-state index contributed by atoms with van der Waals surface area (Å²) in [4.78, 5) is 0. The van der Waals surface area contributed by atoms with Crippen molar-refractivity contribution in [3.05, 3.63) is 40.7 Å². The maximum absolute atomic E-state index is 9.14. The average molecular weight is 317 g/mol. The zero-order valence-corrected chi connectivity index (χ0v) is 13.0. The number of nitrogens with zero attached hydrogens (tertiary/aromatic N) is 4. The highest BCUT2D eigenvalue weighted by atomic mass is 35.5. The Balaban J connectivity index is 1.54. The molecule has 0 saturated heterocycles. The van der Waals surface area contributed by atoms with Crippen LogP contribution in [0, 0.1) is 11.3 Å². The number of rotatable bonds is 6. The summed E-state index contributed by atoms with van der Waals surface area (Å²) in [7, 11) is 0. The number of aryl methyl sites for hydroxylation is 1. The van der Waals surface area contributed by atoms with Gasteiger partial charge >= 0.3 is 0 Å². The lowest BCUT2D eigenvalue weighted by Gasteiger charge is -2.25. The van der Waals surface area contributed by atoms with Crippen molar-refractivity contribution < 1.29 is 4.74 Å². The van der Waals surface area contributed by atoms with Crippen molar-refractivity contribution >= 4 is 11.6 Å². The summed E-state index contributed by atoms with van der Waals surface area (Å²) < 4.78 is 7.54. The third-order valence-corrected chi connectivity index (χ3v) is 4.22. The topological polar surface area (TPSA) is 63.7 Å². The lowest BCUT2D eigenvalue weighted by molar-refractivity contribution is 0.293. The van der Waals surface area contributed by atoms with Crippen molar-refractivity contribution in [1.29, 1.82) is 5.26 Å². The first-order valence-electron chi connectivity index (χ1n) is 7.50. The first-order valence-corrected chi connectivity index (χ1v) is 7.87. The highest BCUT2D eigenvalue weighted by Crippen LogP contribution is 2.37. The van der Waals surface area contributed by atoms with Gasteiger partial charge in [0, 0.05) is 23.9 Å². The second kappa shape index (κ2) is 6.80. The Kier molecular flexibility index (Phi) is 4.59. The van der Waals surface area contributed by atoms with Gasteiger partial charge in [-0.2, -0.15) is 5.26 Å². The Labute approximate surface area is 134 Å². The molecule has 5 nitrogen and oxygen atoms in total. The third kappa shape index (κ3) is 3.23. The second-order valence-electron chi connectivity index (χ2n) is 5.44. The Hall–Kier alpha value is -2.06. The SMILES string of the molecule is N#Cc1nnn(CCCOc2ccc(Cl)cc2)c1C1CCC1. The fraction of sp³-hybridized carbons (Fsp3) is 0.438. The Morgan fingerprint density at radius 2 is 2.09 bits per heavy atom. The average Bonchev–Trinajstić information content (AvgIpc) is 2.87. The predicted molar refractivity (Wildman–Crippen MR) is 82.9 cm³/mol. The van der Waals surface area contributed by atoms with Gasteiger partial charge in [0.2, 0.25) is 0 Å². The van der Waals surface area contributed by atoms with Crippen LogP contribution >= 0.6 is 11.6 Å². The van der Waals surface area contributed by atoms with Gasteiger partial charge in [-0.3, -0.25) is 0 Å². The molecule has 3 rings (SSSR count). The summed E-state index contributed by atoms with van der Waals surface area (Å²) in [6, 6.07) is 9.47. The summed E-state index contributed by atoms with van der Waals surface area (Å²) in [5, 5.41) is 17.9. The van der Waals surface area contributed by atoms with Crippen LogP contribution in [-0.4, -0.2) is 21.6 Å². The van der Waals surface area contributed by atoms with Crippen LogP contribution in [0.5, 0.6) is 5.75 Å². The molecule has 0 amide bonds. The normalized spacial score (nSPS) is 14.4. The van der Waals surface area contributed by atoms with Crippen LogP contribution in [0.15, 0.2) is 24.3 Å². The number of hydrogen-bond acceptors (Lipinski definition) is 4. The number of hydrogen-bond donors (Lipinski definition) is 0. The number of ether oxygens (including phenoxy) is 1. The van der Waals surface area contributed by atoms with Crippen LogP contribution in [0.3, 0.4) is 0 Å². The van der Waals surface area contributed by atoms with E-state index in [4.69, 9.17) is 21.6 Å². The van der Waals surface area contributed by atoms with Gasteiger partial charge in [0.15, 0.2) is 5.69 Å². The van der Waals surface area contributed by atoms with Crippen molar-refractivity contribution in [1.82, 2.24) is 15.0 Å². The van der Waals surface area contributed by atoms with Gasteiger partial charge in [0.05, 0.1) is 12.3 Å².